The molecule has 1 saturated heterocycles. The summed E-state index contributed by atoms with van der Waals surface area (Å²) < 4.78 is 0. The minimum absolute atomic E-state index is 0.132. The van der Waals surface area contributed by atoms with E-state index in [-0.39, 0.29) is 5.41 Å². The summed E-state index contributed by atoms with van der Waals surface area (Å²) in [6, 6.07) is 0. The summed E-state index contributed by atoms with van der Waals surface area (Å²) in [5.41, 5.74) is 5.84. The zero-order chi connectivity index (χ0) is 9.31. The molecule has 2 unspecified atom stereocenters. The van der Waals surface area contributed by atoms with Gasteiger partial charge in [-0.25, -0.2) is 0 Å². The van der Waals surface area contributed by atoms with Crippen molar-refractivity contribution in [2.24, 2.45) is 23.0 Å². The zero-order valence-electron chi connectivity index (χ0n) is 8.04. The average molecular weight is 201 g/mol. The van der Waals surface area contributed by atoms with Gasteiger partial charge in [0.25, 0.3) is 0 Å². The first kappa shape index (κ1) is 9.81. The second-order valence-corrected chi connectivity index (χ2v) is 5.71. The highest BCUT2D eigenvalue weighted by atomic mass is 32.2. The van der Waals surface area contributed by atoms with Gasteiger partial charge in [-0.3, -0.25) is 0 Å². The molecule has 0 aromatic rings. The van der Waals surface area contributed by atoms with Crippen molar-refractivity contribution in [3.63, 3.8) is 0 Å². The Morgan fingerprint density at radius 3 is 2.54 bits per heavy atom. The monoisotopic (exact) mass is 201 g/mol. The lowest BCUT2D eigenvalue weighted by atomic mass is 9.91. The van der Waals surface area contributed by atoms with Crippen LogP contribution in [-0.2, 0) is 0 Å². The maximum atomic E-state index is 9.27. The fraction of sp³-hybridized carbons (Fsp3) is 1.00. The highest BCUT2D eigenvalue weighted by molar-refractivity contribution is 7.99. The third kappa shape index (κ3) is 1.74. The molecule has 76 valence electrons. The van der Waals surface area contributed by atoms with E-state index in [4.69, 9.17) is 5.73 Å². The summed E-state index contributed by atoms with van der Waals surface area (Å²) in [4.78, 5) is 0. The van der Waals surface area contributed by atoms with Crippen molar-refractivity contribution in [1.29, 1.82) is 0 Å². The van der Waals surface area contributed by atoms with Crippen molar-refractivity contribution in [2.75, 3.05) is 24.7 Å². The van der Waals surface area contributed by atoms with Gasteiger partial charge < -0.3 is 10.8 Å². The standard InChI is InChI=1S/C10H19NOS/c11-6-10(7-12)5-9(10)8-1-3-13-4-2-8/h8-9,12H,1-7,11H2. The topological polar surface area (TPSA) is 46.2 Å². The molecule has 3 N–H and O–H groups in total. The molecule has 1 heterocycles. The van der Waals surface area contributed by atoms with Crippen LogP contribution in [0.4, 0.5) is 0 Å². The smallest absolute Gasteiger partial charge is 0.0502 e. The van der Waals surface area contributed by atoms with E-state index in [1.807, 2.05) is 0 Å². The Balaban J connectivity index is 1.89. The highest BCUT2D eigenvalue weighted by Gasteiger charge is 2.55. The van der Waals surface area contributed by atoms with Crippen LogP contribution in [0, 0.1) is 17.3 Å². The molecular formula is C10H19NOS. The number of aliphatic hydroxyl groups is 1. The molecule has 1 aliphatic heterocycles. The Morgan fingerprint density at radius 2 is 2.08 bits per heavy atom. The second-order valence-electron chi connectivity index (χ2n) is 4.49. The molecule has 0 amide bonds. The largest absolute Gasteiger partial charge is 0.396 e. The normalized spacial score (nSPS) is 40.6. The molecule has 0 aromatic heterocycles. The molecule has 1 aliphatic carbocycles. The van der Waals surface area contributed by atoms with Crippen LogP contribution in [0.1, 0.15) is 19.3 Å². The molecule has 1 saturated carbocycles. The Bertz CT molecular complexity index is 176. The summed E-state index contributed by atoms with van der Waals surface area (Å²) in [5, 5.41) is 9.27. The van der Waals surface area contributed by atoms with Gasteiger partial charge in [0.05, 0.1) is 6.61 Å². The van der Waals surface area contributed by atoms with Crippen molar-refractivity contribution < 1.29 is 5.11 Å². The van der Waals surface area contributed by atoms with Gasteiger partial charge in [0.1, 0.15) is 0 Å². The average Bonchev–Trinajstić information content (AvgIpc) is 2.95. The molecule has 0 radical (unpaired) electrons. The van der Waals surface area contributed by atoms with Gasteiger partial charge in [-0.15, -0.1) is 0 Å². The third-order valence-corrected chi connectivity index (χ3v) is 4.86. The van der Waals surface area contributed by atoms with Crippen LogP contribution in [0.5, 0.6) is 0 Å². The lowest BCUT2D eigenvalue weighted by molar-refractivity contribution is 0.187. The molecule has 0 aromatic carbocycles. The maximum Gasteiger partial charge on any atom is 0.0502 e. The van der Waals surface area contributed by atoms with Gasteiger partial charge in [-0.2, -0.15) is 11.8 Å². The number of nitrogens with two attached hydrogens (primary N) is 1. The van der Waals surface area contributed by atoms with E-state index in [9.17, 15) is 5.11 Å². The molecule has 2 rings (SSSR count). The molecule has 2 aliphatic rings. The molecule has 3 heteroatoms. The van der Waals surface area contributed by atoms with Gasteiger partial charge in [0.2, 0.25) is 0 Å². The Morgan fingerprint density at radius 1 is 1.38 bits per heavy atom. The highest BCUT2D eigenvalue weighted by Crippen LogP contribution is 2.57. The summed E-state index contributed by atoms with van der Waals surface area (Å²) in [6.45, 7) is 0.982. The van der Waals surface area contributed by atoms with Gasteiger partial charge in [0, 0.05) is 12.0 Å². The van der Waals surface area contributed by atoms with Gasteiger partial charge in [-0.1, -0.05) is 0 Å². The Hall–Kier alpha value is 0.270. The first-order valence-corrected chi connectivity index (χ1v) is 6.36. The van der Waals surface area contributed by atoms with Crippen molar-refractivity contribution >= 4 is 11.8 Å². The number of aliphatic hydroxyl groups excluding tert-OH is 1. The zero-order valence-corrected chi connectivity index (χ0v) is 8.85. The summed E-state index contributed by atoms with van der Waals surface area (Å²) >= 11 is 2.07. The number of hydrogen-bond acceptors (Lipinski definition) is 3. The summed E-state index contributed by atoms with van der Waals surface area (Å²) in [7, 11) is 0. The molecule has 2 fully saturated rings. The first-order valence-electron chi connectivity index (χ1n) is 5.21. The Labute approximate surface area is 84.3 Å². The Kier molecular flexibility index (Phi) is 2.86. The minimum Gasteiger partial charge on any atom is -0.396 e. The second kappa shape index (κ2) is 3.79. The van der Waals surface area contributed by atoms with E-state index in [0.29, 0.717) is 13.2 Å². The SMILES string of the molecule is NCC1(CO)CC1C1CCSCC1. The minimum atomic E-state index is 0.132. The van der Waals surface area contributed by atoms with E-state index >= 15 is 0 Å². The van der Waals surface area contributed by atoms with E-state index in [0.717, 1.165) is 11.8 Å². The van der Waals surface area contributed by atoms with Crippen LogP contribution in [0.15, 0.2) is 0 Å². The van der Waals surface area contributed by atoms with Crippen LogP contribution in [0.2, 0.25) is 0 Å². The van der Waals surface area contributed by atoms with Crippen molar-refractivity contribution in [3.8, 4) is 0 Å². The van der Waals surface area contributed by atoms with E-state index in [1.54, 1.807) is 0 Å². The number of rotatable bonds is 3. The summed E-state index contributed by atoms with van der Waals surface area (Å²) in [5.74, 6) is 4.22. The molecular weight excluding hydrogens is 182 g/mol. The maximum absolute atomic E-state index is 9.27. The van der Waals surface area contributed by atoms with Crippen molar-refractivity contribution in [3.05, 3.63) is 0 Å². The lowest BCUT2D eigenvalue weighted by Crippen LogP contribution is -2.25. The predicted molar refractivity (Wildman–Crippen MR) is 56.7 cm³/mol. The molecule has 0 bridgehead atoms. The first-order chi connectivity index (χ1) is 6.32. The molecule has 0 spiro atoms. The third-order valence-electron chi connectivity index (χ3n) is 3.81. The lowest BCUT2D eigenvalue weighted by Gasteiger charge is -2.24. The van der Waals surface area contributed by atoms with Crippen LogP contribution < -0.4 is 5.73 Å². The van der Waals surface area contributed by atoms with Gasteiger partial charge in [0.15, 0.2) is 0 Å². The number of thioether (sulfide) groups is 1. The van der Waals surface area contributed by atoms with Crippen LogP contribution in [-0.4, -0.2) is 29.8 Å². The fourth-order valence-electron chi connectivity index (χ4n) is 2.64. The van der Waals surface area contributed by atoms with Gasteiger partial charge >= 0.3 is 0 Å². The predicted octanol–water partition coefficient (Wildman–Crippen LogP) is 1.09. The van der Waals surface area contributed by atoms with Crippen molar-refractivity contribution in [1.82, 2.24) is 0 Å². The van der Waals surface area contributed by atoms with Gasteiger partial charge in [-0.05, 0) is 42.6 Å². The van der Waals surface area contributed by atoms with Crippen LogP contribution in [0.3, 0.4) is 0 Å². The molecule has 13 heavy (non-hydrogen) atoms. The summed E-state index contributed by atoms with van der Waals surface area (Å²) in [6.07, 6.45) is 3.86. The van der Waals surface area contributed by atoms with E-state index in [1.165, 1.54) is 30.8 Å². The number of hydrogen-bond donors (Lipinski definition) is 2. The van der Waals surface area contributed by atoms with E-state index < -0.39 is 0 Å². The molecule has 2 atom stereocenters. The van der Waals surface area contributed by atoms with E-state index in [2.05, 4.69) is 11.8 Å². The van der Waals surface area contributed by atoms with Crippen molar-refractivity contribution in [2.45, 2.75) is 19.3 Å². The van der Waals surface area contributed by atoms with Crippen LogP contribution >= 0.6 is 11.8 Å². The van der Waals surface area contributed by atoms with Crippen LogP contribution in [0.25, 0.3) is 0 Å². The quantitative estimate of drug-likeness (QED) is 0.718. The molecule has 2 nitrogen and oxygen atoms in total. The fourth-order valence-corrected chi connectivity index (χ4v) is 3.79.